The molecule has 2 heterocycles. The van der Waals surface area contributed by atoms with Crippen LogP contribution in [0.25, 0.3) is 11.4 Å². The maximum absolute atomic E-state index is 9.25. The van der Waals surface area contributed by atoms with E-state index in [1.807, 2.05) is 0 Å². The van der Waals surface area contributed by atoms with E-state index in [2.05, 4.69) is 31.5 Å². The summed E-state index contributed by atoms with van der Waals surface area (Å²) in [5.41, 5.74) is 0.256. The first-order chi connectivity index (χ1) is 6.27. The Balaban J connectivity index is 2.53. The van der Waals surface area contributed by atoms with Gasteiger partial charge in [0, 0.05) is 6.20 Å². The highest BCUT2D eigenvalue weighted by Gasteiger charge is 2.09. The summed E-state index contributed by atoms with van der Waals surface area (Å²) in [6.07, 6.45) is 3.51. The Bertz CT molecular complexity index is 413. The summed E-state index contributed by atoms with van der Waals surface area (Å²) in [6, 6.07) is -0.496. The number of H-pyrrole nitrogens is 1. The fourth-order valence-corrected chi connectivity index (χ4v) is 0.829. The SMILES string of the molecule is Oc1ncc(-c2n[c]n[nH]2)c(O)n1. The Morgan fingerprint density at radius 1 is 1.38 bits per heavy atom. The predicted octanol–water partition coefficient (Wildman–Crippen LogP) is -0.527. The topological polar surface area (TPSA) is 108 Å². The number of aromatic hydroxyl groups is 2. The van der Waals surface area contributed by atoms with E-state index in [0.717, 1.165) is 0 Å². The zero-order valence-corrected chi connectivity index (χ0v) is 6.26. The van der Waals surface area contributed by atoms with Gasteiger partial charge in [0.2, 0.25) is 12.2 Å². The van der Waals surface area contributed by atoms with Crippen LogP contribution in [-0.4, -0.2) is 35.4 Å². The average molecular weight is 178 g/mol. The van der Waals surface area contributed by atoms with Gasteiger partial charge < -0.3 is 10.2 Å². The molecule has 0 fully saturated rings. The van der Waals surface area contributed by atoms with Gasteiger partial charge in [0.15, 0.2) is 5.82 Å². The second-order valence-electron chi connectivity index (χ2n) is 2.19. The molecule has 2 aromatic heterocycles. The Hall–Kier alpha value is -2.18. The van der Waals surface area contributed by atoms with Crippen LogP contribution in [0.15, 0.2) is 6.20 Å². The van der Waals surface area contributed by atoms with Gasteiger partial charge >= 0.3 is 6.01 Å². The van der Waals surface area contributed by atoms with Crippen molar-refractivity contribution in [1.82, 2.24) is 25.1 Å². The summed E-state index contributed by atoms with van der Waals surface area (Å²) < 4.78 is 0. The van der Waals surface area contributed by atoms with Crippen molar-refractivity contribution in [2.24, 2.45) is 0 Å². The van der Waals surface area contributed by atoms with Crippen LogP contribution in [0.1, 0.15) is 0 Å². The Morgan fingerprint density at radius 3 is 2.85 bits per heavy atom. The van der Waals surface area contributed by atoms with Crippen molar-refractivity contribution in [3.8, 4) is 23.3 Å². The fraction of sp³-hybridized carbons (Fsp3) is 0. The number of hydrogen-bond acceptors (Lipinski definition) is 6. The van der Waals surface area contributed by atoms with E-state index in [1.165, 1.54) is 6.20 Å². The molecule has 0 unspecified atom stereocenters. The number of nitrogens with one attached hydrogen (secondary N) is 1. The molecule has 0 atom stereocenters. The summed E-state index contributed by atoms with van der Waals surface area (Å²) in [6.45, 7) is 0. The highest BCUT2D eigenvalue weighted by Crippen LogP contribution is 2.23. The van der Waals surface area contributed by atoms with Crippen molar-refractivity contribution in [3.05, 3.63) is 12.5 Å². The minimum absolute atomic E-state index is 0.256. The standard InChI is InChI=1S/C6H4N5O2/c12-5-3(1-7-6(13)10-5)4-8-2-9-11-4/h1H,(H,8,9,11)(H2,7,10,12,13). The molecule has 2 rings (SSSR count). The highest BCUT2D eigenvalue weighted by molar-refractivity contribution is 5.59. The summed E-state index contributed by atoms with van der Waals surface area (Å²) >= 11 is 0. The van der Waals surface area contributed by atoms with Gasteiger partial charge in [-0.25, -0.2) is 9.97 Å². The maximum Gasteiger partial charge on any atom is 0.317 e. The molecule has 0 amide bonds. The van der Waals surface area contributed by atoms with E-state index in [1.54, 1.807) is 0 Å². The van der Waals surface area contributed by atoms with Crippen LogP contribution in [0.2, 0.25) is 0 Å². The van der Waals surface area contributed by atoms with Gasteiger partial charge in [0.25, 0.3) is 0 Å². The first-order valence-electron chi connectivity index (χ1n) is 3.31. The number of nitrogens with zero attached hydrogens (tertiary/aromatic N) is 4. The highest BCUT2D eigenvalue weighted by atomic mass is 16.3. The smallest absolute Gasteiger partial charge is 0.317 e. The molecule has 0 aliphatic carbocycles. The van der Waals surface area contributed by atoms with E-state index < -0.39 is 6.01 Å². The molecule has 13 heavy (non-hydrogen) atoms. The molecule has 0 saturated heterocycles. The van der Waals surface area contributed by atoms with Gasteiger partial charge in [0.05, 0.1) is 5.56 Å². The normalized spacial score (nSPS) is 10.2. The van der Waals surface area contributed by atoms with Crippen molar-refractivity contribution in [2.75, 3.05) is 0 Å². The van der Waals surface area contributed by atoms with E-state index in [4.69, 9.17) is 5.11 Å². The molecular formula is C6H4N5O2. The lowest BCUT2D eigenvalue weighted by Gasteiger charge is -1.97. The molecule has 2 aromatic rings. The number of aromatic amines is 1. The van der Waals surface area contributed by atoms with Crippen molar-refractivity contribution in [2.45, 2.75) is 0 Å². The van der Waals surface area contributed by atoms with Crippen LogP contribution in [0, 0.1) is 6.33 Å². The van der Waals surface area contributed by atoms with Crippen molar-refractivity contribution in [3.63, 3.8) is 0 Å². The Morgan fingerprint density at radius 2 is 2.23 bits per heavy atom. The van der Waals surface area contributed by atoms with Crippen molar-refractivity contribution in [1.29, 1.82) is 0 Å². The van der Waals surface area contributed by atoms with Gasteiger partial charge in [-0.1, -0.05) is 0 Å². The minimum Gasteiger partial charge on any atom is -0.493 e. The summed E-state index contributed by atoms with van der Waals surface area (Å²) in [5, 5.41) is 24.0. The quantitative estimate of drug-likeness (QED) is 0.541. The summed E-state index contributed by atoms with van der Waals surface area (Å²) in [7, 11) is 0. The van der Waals surface area contributed by atoms with Crippen LogP contribution in [0.5, 0.6) is 11.9 Å². The first-order valence-corrected chi connectivity index (χ1v) is 3.31. The van der Waals surface area contributed by atoms with Crippen molar-refractivity contribution >= 4 is 0 Å². The van der Waals surface area contributed by atoms with Crippen molar-refractivity contribution < 1.29 is 10.2 Å². The van der Waals surface area contributed by atoms with Crippen LogP contribution < -0.4 is 0 Å². The summed E-state index contributed by atoms with van der Waals surface area (Å²) in [4.78, 5) is 10.5. The van der Waals surface area contributed by atoms with Crippen LogP contribution >= 0.6 is 0 Å². The van der Waals surface area contributed by atoms with Gasteiger partial charge in [-0.2, -0.15) is 4.98 Å². The lowest BCUT2D eigenvalue weighted by atomic mass is 10.3. The van der Waals surface area contributed by atoms with E-state index in [-0.39, 0.29) is 17.3 Å². The zero-order valence-electron chi connectivity index (χ0n) is 6.26. The van der Waals surface area contributed by atoms with Crippen LogP contribution in [0.3, 0.4) is 0 Å². The van der Waals surface area contributed by atoms with Crippen LogP contribution in [-0.2, 0) is 0 Å². The molecule has 1 radical (unpaired) electrons. The molecule has 3 N–H and O–H groups in total. The Kier molecular flexibility index (Phi) is 1.55. The molecule has 0 aliphatic rings. The lowest BCUT2D eigenvalue weighted by molar-refractivity contribution is 0.398. The lowest BCUT2D eigenvalue weighted by Crippen LogP contribution is -1.87. The largest absolute Gasteiger partial charge is 0.493 e. The average Bonchev–Trinajstić information content (AvgIpc) is 2.56. The fourth-order valence-electron chi connectivity index (χ4n) is 0.829. The molecule has 7 heteroatoms. The van der Waals surface area contributed by atoms with Gasteiger partial charge in [-0.3, -0.25) is 5.10 Å². The van der Waals surface area contributed by atoms with Crippen LogP contribution in [0.4, 0.5) is 0 Å². The predicted molar refractivity (Wildman–Crippen MR) is 39.6 cm³/mol. The Labute approximate surface area is 72.1 Å². The number of rotatable bonds is 1. The van der Waals surface area contributed by atoms with E-state index >= 15 is 0 Å². The number of aromatic nitrogens is 5. The molecule has 0 saturated carbocycles. The molecule has 0 bridgehead atoms. The third-order valence-corrected chi connectivity index (χ3v) is 1.38. The molecule has 0 spiro atoms. The maximum atomic E-state index is 9.25. The number of hydrogen-bond donors (Lipinski definition) is 3. The second kappa shape index (κ2) is 2.70. The molecule has 0 aromatic carbocycles. The van der Waals surface area contributed by atoms with E-state index in [0.29, 0.717) is 0 Å². The monoisotopic (exact) mass is 178 g/mol. The third-order valence-electron chi connectivity index (χ3n) is 1.38. The van der Waals surface area contributed by atoms with Gasteiger partial charge in [-0.05, 0) is 0 Å². The molecular weight excluding hydrogens is 174 g/mol. The first kappa shape index (κ1) is 7.47. The minimum atomic E-state index is -0.496. The third kappa shape index (κ3) is 1.26. The summed E-state index contributed by atoms with van der Waals surface area (Å²) in [5.74, 6) is -0.0739. The van der Waals surface area contributed by atoms with Gasteiger partial charge in [0.1, 0.15) is 0 Å². The molecule has 0 aliphatic heterocycles. The van der Waals surface area contributed by atoms with Gasteiger partial charge in [-0.15, -0.1) is 5.10 Å². The molecule has 7 nitrogen and oxygen atoms in total. The molecule has 65 valence electrons. The second-order valence-corrected chi connectivity index (χ2v) is 2.19. The zero-order chi connectivity index (χ0) is 9.26. The van der Waals surface area contributed by atoms with E-state index in [9.17, 15) is 5.11 Å².